The molecule has 0 aromatic carbocycles. The topological polar surface area (TPSA) is 38.8 Å². The van der Waals surface area contributed by atoms with Crippen LogP contribution in [-0.4, -0.2) is 43.3 Å². The fourth-order valence-electron chi connectivity index (χ4n) is 2.00. The Balaban J connectivity index is 1.87. The van der Waals surface area contributed by atoms with E-state index in [1.54, 1.807) is 6.20 Å². The van der Waals surface area contributed by atoms with Gasteiger partial charge in [-0.15, -0.1) is 0 Å². The van der Waals surface area contributed by atoms with Crippen LogP contribution in [0.5, 0.6) is 0 Å². The number of esters is 1. The van der Waals surface area contributed by atoms with Gasteiger partial charge in [-0.3, -0.25) is 0 Å². The SMILES string of the molecule is COC(=O)C=CN1CC2CCC(C1)O2. The monoisotopic (exact) mass is 197 g/mol. The number of hydrogen-bond donors (Lipinski definition) is 0. The number of morpholine rings is 1. The van der Waals surface area contributed by atoms with Gasteiger partial charge in [-0.1, -0.05) is 0 Å². The second-order valence-electron chi connectivity index (χ2n) is 3.75. The van der Waals surface area contributed by atoms with Gasteiger partial charge >= 0.3 is 5.97 Å². The molecule has 2 bridgehead atoms. The maximum absolute atomic E-state index is 10.9. The molecule has 0 radical (unpaired) electrons. The lowest BCUT2D eigenvalue weighted by atomic mass is 10.2. The molecule has 0 spiro atoms. The van der Waals surface area contributed by atoms with Crippen molar-refractivity contribution in [1.82, 2.24) is 4.90 Å². The third-order valence-electron chi connectivity index (χ3n) is 2.69. The first-order valence-electron chi connectivity index (χ1n) is 4.93. The van der Waals surface area contributed by atoms with Crippen LogP contribution in [0.1, 0.15) is 12.8 Å². The third kappa shape index (κ3) is 2.07. The van der Waals surface area contributed by atoms with Crippen molar-refractivity contribution in [1.29, 1.82) is 0 Å². The molecule has 0 aliphatic carbocycles. The molecule has 2 saturated heterocycles. The van der Waals surface area contributed by atoms with Crippen LogP contribution < -0.4 is 0 Å². The average molecular weight is 197 g/mol. The molecule has 78 valence electrons. The number of hydrogen-bond acceptors (Lipinski definition) is 4. The van der Waals surface area contributed by atoms with Gasteiger partial charge < -0.3 is 14.4 Å². The van der Waals surface area contributed by atoms with Crippen molar-refractivity contribution in [3.05, 3.63) is 12.3 Å². The van der Waals surface area contributed by atoms with Gasteiger partial charge in [-0.25, -0.2) is 4.79 Å². The van der Waals surface area contributed by atoms with Crippen LogP contribution >= 0.6 is 0 Å². The van der Waals surface area contributed by atoms with Crippen LogP contribution in [0.15, 0.2) is 12.3 Å². The zero-order valence-electron chi connectivity index (χ0n) is 8.31. The Hall–Kier alpha value is -1.03. The molecular formula is C10H15NO3. The highest BCUT2D eigenvalue weighted by molar-refractivity contribution is 5.81. The Morgan fingerprint density at radius 1 is 1.43 bits per heavy atom. The lowest BCUT2D eigenvalue weighted by Crippen LogP contribution is -2.39. The maximum atomic E-state index is 10.9. The summed E-state index contributed by atoms with van der Waals surface area (Å²) >= 11 is 0. The van der Waals surface area contributed by atoms with Crippen molar-refractivity contribution in [3.63, 3.8) is 0 Å². The number of nitrogens with zero attached hydrogens (tertiary/aromatic N) is 1. The number of carbonyl (C=O) groups excluding carboxylic acids is 1. The molecule has 0 amide bonds. The number of fused-ring (bicyclic) bond motifs is 2. The minimum atomic E-state index is -0.302. The second-order valence-corrected chi connectivity index (χ2v) is 3.75. The molecule has 2 rings (SSSR count). The van der Waals surface area contributed by atoms with Gasteiger partial charge in [0.2, 0.25) is 0 Å². The van der Waals surface area contributed by atoms with Crippen LogP contribution in [0.25, 0.3) is 0 Å². The Morgan fingerprint density at radius 3 is 2.64 bits per heavy atom. The molecule has 2 aliphatic heterocycles. The molecule has 4 nitrogen and oxygen atoms in total. The van der Waals surface area contributed by atoms with Crippen molar-refractivity contribution in [2.45, 2.75) is 25.0 Å². The Kier molecular flexibility index (Phi) is 2.72. The van der Waals surface area contributed by atoms with E-state index in [4.69, 9.17) is 4.74 Å². The fourth-order valence-corrected chi connectivity index (χ4v) is 2.00. The van der Waals surface area contributed by atoms with Gasteiger partial charge in [-0.05, 0) is 12.8 Å². The van der Waals surface area contributed by atoms with Crippen molar-refractivity contribution < 1.29 is 14.3 Å². The quantitative estimate of drug-likeness (QED) is 0.478. The second kappa shape index (κ2) is 4.00. The Bertz CT molecular complexity index is 240. The van der Waals surface area contributed by atoms with Gasteiger partial charge in [0.25, 0.3) is 0 Å². The summed E-state index contributed by atoms with van der Waals surface area (Å²) < 4.78 is 10.2. The zero-order chi connectivity index (χ0) is 9.97. The number of methoxy groups -OCH3 is 1. The van der Waals surface area contributed by atoms with Crippen LogP contribution in [0.2, 0.25) is 0 Å². The molecule has 2 heterocycles. The van der Waals surface area contributed by atoms with Crippen LogP contribution in [0, 0.1) is 0 Å². The van der Waals surface area contributed by atoms with Crippen molar-refractivity contribution in [2.75, 3.05) is 20.2 Å². The van der Waals surface area contributed by atoms with Gasteiger partial charge in [-0.2, -0.15) is 0 Å². The van der Waals surface area contributed by atoms with E-state index in [2.05, 4.69) is 9.64 Å². The summed E-state index contributed by atoms with van der Waals surface area (Å²) in [6, 6.07) is 0. The zero-order valence-corrected chi connectivity index (χ0v) is 8.31. The van der Waals surface area contributed by atoms with Crippen LogP contribution in [-0.2, 0) is 14.3 Å². The summed E-state index contributed by atoms with van der Waals surface area (Å²) in [4.78, 5) is 13.0. The first kappa shape index (κ1) is 9.52. The molecule has 0 aromatic rings. The standard InChI is InChI=1S/C10H15NO3/c1-13-10(12)4-5-11-6-8-2-3-9(7-11)14-8/h4-5,8-9H,2-3,6-7H2,1H3. The van der Waals surface area contributed by atoms with Gasteiger partial charge in [0.05, 0.1) is 19.3 Å². The summed E-state index contributed by atoms with van der Waals surface area (Å²) in [6.45, 7) is 1.79. The molecule has 4 heteroatoms. The number of carbonyl (C=O) groups is 1. The Morgan fingerprint density at radius 2 is 2.07 bits per heavy atom. The largest absolute Gasteiger partial charge is 0.466 e. The average Bonchev–Trinajstić information content (AvgIpc) is 2.54. The maximum Gasteiger partial charge on any atom is 0.331 e. The van der Waals surface area contributed by atoms with E-state index in [0.29, 0.717) is 12.2 Å². The summed E-state index contributed by atoms with van der Waals surface area (Å²) in [6.07, 6.45) is 6.28. The molecular weight excluding hydrogens is 182 g/mol. The fraction of sp³-hybridized carbons (Fsp3) is 0.700. The van der Waals surface area contributed by atoms with Crippen molar-refractivity contribution >= 4 is 5.97 Å². The summed E-state index contributed by atoms with van der Waals surface area (Å²) in [5.41, 5.74) is 0. The summed E-state index contributed by atoms with van der Waals surface area (Å²) in [7, 11) is 1.38. The molecule has 0 aromatic heterocycles. The number of rotatable bonds is 2. The van der Waals surface area contributed by atoms with Gasteiger partial charge in [0.15, 0.2) is 0 Å². The normalized spacial score (nSPS) is 31.1. The summed E-state index contributed by atoms with van der Waals surface area (Å²) in [5, 5.41) is 0. The molecule has 14 heavy (non-hydrogen) atoms. The first-order chi connectivity index (χ1) is 6.78. The van der Waals surface area contributed by atoms with E-state index >= 15 is 0 Å². The van der Waals surface area contributed by atoms with E-state index < -0.39 is 0 Å². The smallest absolute Gasteiger partial charge is 0.331 e. The van der Waals surface area contributed by atoms with Crippen LogP contribution in [0.4, 0.5) is 0 Å². The Labute approximate surface area is 83.5 Å². The minimum Gasteiger partial charge on any atom is -0.466 e. The number of ether oxygens (including phenoxy) is 2. The highest BCUT2D eigenvalue weighted by Crippen LogP contribution is 2.26. The molecule has 2 atom stereocenters. The highest BCUT2D eigenvalue weighted by Gasteiger charge is 2.32. The van der Waals surface area contributed by atoms with E-state index in [0.717, 1.165) is 25.9 Å². The van der Waals surface area contributed by atoms with Crippen molar-refractivity contribution in [3.8, 4) is 0 Å². The predicted molar refractivity (Wildman–Crippen MR) is 50.6 cm³/mol. The van der Waals surface area contributed by atoms with E-state index in [9.17, 15) is 4.79 Å². The molecule has 0 N–H and O–H groups in total. The molecule has 2 unspecified atom stereocenters. The number of likely N-dealkylation sites (tertiary alicyclic amines) is 1. The molecule has 0 saturated carbocycles. The molecule has 2 aliphatic rings. The molecule has 2 fully saturated rings. The van der Waals surface area contributed by atoms with Crippen LogP contribution in [0.3, 0.4) is 0 Å². The lowest BCUT2D eigenvalue weighted by Gasteiger charge is -2.30. The van der Waals surface area contributed by atoms with E-state index in [1.165, 1.54) is 13.2 Å². The minimum absolute atomic E-state index is 0.302. The first-order valence-corrected chi connectivity index (χ1v) is 4.93. The van der Waals surface area contributed by atoms with E-state index in [1.807, 2.05) is 0 Å². The van der Waals surface area contributed by atoms with E-state index in [-0.39, 0.29) is 5.97 Å². The lowest BCUT2D eigenvalue weighted by molar-refractivity contribution is -0.135. The predicted octanol–water partition coefficient (Wildman–Crippen LogP) is 0.536. The van der Waals surface area contributed by atoms with Crippen molar-refractivity contribution in [2.24, 2.45) is 0 Å². The van der Waals surface area contributed by atoms with Gasteiger partial charge in [0, 0.05) is 25.4 Å². The van der Waals surface area contributed by atoms with Gasteiger partial charge in [0.1, 0.15) is 0 Å². The summed E-state index contributed by atoms with van der Waals surface area (Å²) in [5.74, 6) is -0.302. The highest BCUT2D eigenvalue weighted by atomic mass is 16.5. The third-order valence-corrected chi connectivity index (χ3v) is 2.69.